The molecule has 1 saturated heterocycles. The van der Waals surface area contributed by atoms with Crippen molar-refractivity contribution in [2.45, 2.75) is 54.1 Å². The Balaban J connectivity index is 1.74. The Morgan fingerprint density at radius 2 is 1.29 bits per heavy atom. The van der Waals surface area contributed by atoms with Crippen molar-refractivity contribution in [1.29, 1.82) is 0 Å². The molecule has 0 spiro atoms. The van der Waals surface area contributed by atoms with Crippen molar-refractivity contribution in [1.82, 2.24) is 9.80 Å². The molecule has 1 aliphatic heterocycles. The third-order valence-corrected chi connectivity index (χ3v) is 6.99. The van der Waals surface area contributed by atoms with Crippen molar-refractivity contribution < 1.29 is 13.2 Å². The molecule has 0 radical (unpaired) electrons. The highest BCUT2D eigenvalue weighted by atomic mass is 19.4. The molecule has 0 saturated carbocycles. The summed E-state index contributed by atoms with van der Waals surface area (Å²) in [5.41, 5.74) is 7.28. The molecule has 1 heterocycles. The molecule has 4 nitrogen and oxygen atoms in total. The van der Waals surface area contributed by atoms with Crippen LogP contribution < -0.4 is 0 Å². The van der Waals surface area contributed by atoms with Gasteiger partial charge in [-0.1, -0.05) is 48.0 Å². The molecule has 7 heteroatoms. The maximum atomic E-state index is 13.3. The van der Waals surface area contributed by atoms with Gasteiger partial charge in [0, 0.05) is 18.7 Å². The van der Waals surface area contributed by atoms with Crippen molar-refractivity contribution in [3.63, 3.8) is 0 Å². The average molecular weight is 521 g/mol. The average Bonchev–Trinajstić information content (AvgIpc) is 2.85. The monoisotopic (exact) mass is 520 g/mol. The molecular formula is C31H35F3N4. The Kier molecular flexibility index (Phi) is 7.95. The third kappa shape index (κ3) is 6.09. The van der Waals surface area contributed by atoms with Gasteiger partial charge in [-0.3, -0.25) is 0 Å². The van der Waals surface area contributed by atoms with E-state index in [0.717, 1.165) is 76.7 Å². The van der Waals surface area contributed by atoms with Crippen LogP contribution in [0.2, 0.25) is 0 Å². The van der Waals surface area contributed by atoms with Crippen LogP contribution in [0, 0.1) is 34.6 Å². The van der Waals surface area contributed by atoms with Crippen LogP contribution in [-0.4, -0.2) is 41.2 Å². The minimum atomic E-state index is -4.39. The first-order chi connectivity index (χ1) is 17.9. The number of amidine groups is 2. The SMILES string of the molecule is C/C(=N\c1c(C)cccc1C)N1CCCN(/C(=N/c2c(C)cc(C)cc2C)c2ccc(C(F)(F)F)cc2)C1. The third-order valence-electron chi connectivity index (χ3n) is 6.99. The molecule has 0 aromatic heterocycles. The summed E-state index contributed by atoms with van der Waals surface area (Å²) in [6, 6.07) is 15.6. The molecule has 3 aromatic rings. The topological polar surface area (TPSA) is 31.2 Å². The number of alkyl halides is 3. The summed E-state index contributed by atoms with van der Waals surface area (Å²) in [5, 5.41) is 0. The highest BCUT2D eigenvalue weighted by Gasteiger charge is 2.31. The Morgan fingerprint density at radius 3 is 1.87 bits per heavy atom. The molecule has 0 N–H and O–H groups in total. The molecule has 0 amide bonds. The zero-order valence-electron chi connectivity index (χ0n) is 22.9. The van der Waals surface area contributed by atoms with Crippen LogP contribution in [0.5, 0.6) is 0 Å². The van der Waals surface area contributed by atoms with Gasteiger partial charge in [0.2, 0.25) is 0 Å². The normalized spacial score (nSPS) is 15.3. The second kappa shape index (κ2) is 11.0. The quantitative estimate of drug-likeness (QED) is 0.258. The van der Waals surface area contributed by atoms with Crippen molar-refractivity contribution in [2.24, 2.45) is 9.98 Å². The fraction of sp³-hybridized carbons (Fsp3) is 0.355. The lowest BCUT2D eigenvalue weighted by Crippen LogP contribution is -2.49. The Hall–Kier alpha value is -3.61. The van der Waals surface area contributed by atoms with E-state index in [9.17, 15) is 13.2 Å². The van der Waals surface area contributed by atoms with Crippen LogP contribution in [-0.2, 0) is 6.18 Å². The lowest BCUT2D eigenvalue weighted by atomic mass is 10.0. The minimum absolute atomic E-state index is 0.546. The van der Waals surface area contributed by atoms with Gasteiger partial charge in [0.05, 0.1) is 23.6 Å². The lowest BCUT2D eigenvalue weighted by molar-refractivity contribution is -0.137. The van der Waals surface area contributed by atoms with E-state index >= 15 is 0 Å². The van der Waals surface area contributed by atoms with E-state index in [-0.39, 0.29) is 0 Å². The van der Waals surface area contributed by atoms with Crippen molar-refractivity contribution in [2.75, 3.05) is 19.8 Å². The molecule has 4 rings (SSSR count). The first-order valence-electron chi connectivity index (χ1n) is 12.9. The highest BCUT2D eigenvalue weighted by Crippen LogP contribution is 2.31. The molecule has 1 fully saturated rings. The minimum Gasteiger partial charge on any atom is -0.342 e. The van der Waals surface area contributed by atoms with E-state index in [1.165, 1.54) is 12.1 Å². The van der Waals surface area contributed by atoms with Gasteiger partial charge in [-0.15, -0.1) is 0 Å². The zero-order chi connectivity index (χ0) is 27.6. The van der Waals surface area contributed by atoms with Crippen LogP contribution in [0.3, 0.4) is 0 Å². The molecule has 1 aliphatic rings. The summed E-state index contributed by atoms with van der Waals surface area (Å²) < 4.78 is 39.8. The van der Waals surface area contributed by atoms with Crippen LogP contribution in [0.15, 0.2) is 64.6 Å². The van der Waals surface area contributed by atoms with Gasteiger partial charge in [-0.2, -0.15) is 13.2 Å². The van der Waals surface area contributed by atoms with Crippen molar-refractivity contribution in [3.05, 3.63) is 93.5 Å². The molecule has 0 unspecified atom stereocenters. The summed E-state index contributed by atoms with van der Waals surface area (Å²) in [5.74, 6) is 1.57. The Morgan fingerprint density at radius 1 is 0.737 bits per heavy atom. The Labute approximate surface area is 223 Å². The number of hydrogen-bond acceptors (Lipinski definition) is 2. The molecule has 38 heavy (non-hydrogen) atoms. The number of benzene rings is 3. The second-order valence-electron chi connectivity index (χ2n) is 10.2. The van der Waals surface area contributed by atoms with Crippen molar-refractivity contribution >= 4 is 23.0 Å². The van der Waals surface area contributed by atoms with E-state index in [1.807, 2.05) is 33.8 Å². The Bertz CT molecular complexity index is 1330. The van der Waals surface area contributed by atoms with Gasteiger partial charge in [0.1, 0.15) is 11.7 Å². The molecule has 0 atom stereocenters. The standard InChI is InChI=1S/C31H35F3N4/c1-20-17-23(4)29(24(5)18-20)36-30(26-11-13-27(14-12-26)31(32,33)34)38-16-8-15-37(19-38)25(6)35-28-21(2)9-7-10-22(28)3/h7,9-14,17-18H,8,15-16,19H2,1-6H3/b35-25+,36-30+. The number of nitrogens with zero attached hydrogens (tertiary/aromatic N) is 4. The molecule has 3 aromatic carbocycles. The van der Waals surface area contributed by atoms with Crippen molar-refractivity contribution in [3.8, 4) is 0 Å². The molecule has 0 aliphatic carbocycles. The summed E-state index contributed by atoms with van der Waals surface area (Å²) in [6.45, 7) is 14.4. The number of aliphatic imine (C=N–C) groups is 2. The fourth-order valence-electron chi connectivity index (χ4n) is 5.03. The van der Waals surface area contributed by atoms with E-state index in [4.69, 9.17) is 9.98 Å². The van der Waals surface area contributed by atoms with Crippen LogP contribution in [0.1, 0.15) is 52.3 Å². The fourth-order valence-corrected chi connectivity index (χ4v) is 5.03. The second-order valence-corrected chi connectivity index (χ2v) is 10.2. The van der Waals surface area contributed by atoms with Gasteiger partial charge >= 0.3 is 6.18 Å². The van der Waals surface area contributed by atoms with Gasteiger partial charge in [0.25, 0.3) is 0 Å². The maximum absolute atomic E-state index is 13.3. The highest BCUT2D eigenvalue weighted by molar-refractivity contribution is 6.01. The number of halogens is 3. The predicted octanol–water partition coefficient (Wildman–Crippen LogP) is 8.04. The van der Waals surface area contributed by atoms with E-state index in [1.54, 1.807) is 0 Å². The maximum Gasteiger partial charge on any atom is 0.416 e. The predicted molar refractivity (Wildman–Crippen MR) is 150 cm³/mol. The number of aryl methyl sites for hydroxylation is 5. The van der Waals surface area contributed by atoms with E-state index < -0.39 is 11.7 Å². The van der Waals surface area contributed by atoms with Crippen LogP contribution >= 0.6 is 0 Å². The van der Waals surface area contributed by atoms with Gasteiger partial charge in [-0.05, 0) is 82.3 Å². The summed E-state index contributed by atoms with van der Waals surface area (Å²) in [4.78, 5) is 14.4. The van der Waals surface area contributed by atoms with Gasteiger partial charge in [-0.25, -0.2) is 9.98 Å². The summed E-state index contributed by atoms with van der Waals surface area (Å²) >= 11 is 0. The first kappa shape index (κ1) is 27.4. The number of para-hydroxylation sites is 1. The first-order valence-corrected chi connectivity index (χ1v) is 12.9. The largest absolute Gasteiger partial charge is 0.416 e. The number of hydrogen-bond donors (Lipinski definition) is 0. The van der Waals surface area contributed by atoms with E-state index in [2.05, 4.69) is 47.9 Å². The van der Waals surface area contributed by atoms with Gasteiger partial charge in [0.15, 0.2) is 0 Å². The smallest absolute Gasteiger partial charge is 0.342 e. The van der Waals surface area contributed by atoms with E-state index in [0.29, 0.717) is 18.1 Å². The number of rotatable bonds is 3. The molecule has 200 valence electrons. The molecule has 0 bridgehead atoms. The summed E-state index contributed by atoms with van der Waals surface area (Å²) in [7, 11) is 0. The lowest BCUT2D eigenvalue weighted by Gasteiger charge is -2.38. The zero-order valence-corrected chi connectivity index (χ0v) is 22.9. The van der Waals surface area contributed by atoms with Gasteiger partial charge < -0.3 is 9.80 Å². The molecular weight excluding hydrogens is 485 g/mol. The summed E-state index contributed by atoms with van der Waals surface area (Å²) in [6.07, 6.45) is -3.51. The van der Waals surface area contributed by atoms with Crippen LogP contribution in [0.4, 0.5) is 24.5 Å². The van der Waals surface area contributed by atoms with Crippen LogP contribution in [0.25, 0.3) is 0 Å².